The molecule has 25 heavy (non-hydrogen) atoms. The molecule has 4 rings (SSSR count). The van der Waals surface area contributed by atoms with E-state index in [9.17, 15) is 4.79 Å². The van der Waals surface area contributed by atoms with Crippen molar-refractivity contribution in [2.75, 3.05) is 19.7 Å². The summed E-state index contributed by atoms with van der Waals surface area (Å²) >= 11 is 0. The third-order valence-electron chi connectivity index (χ3n) is 5.74. The molecule has 0 aliphatic carbocycles. The zero-order valence-corrected chi connectivity index (χ0v) is 15.1. The van der Waals surface area contributed by atoms with E-state index in [4.69, 9.17) is 4.74 Å². The Morgan fingerprint density at radius 2 is 2.16 bits per heavy atom. The predicted octanol–water partition coefficient (Wildman–Crippen LogP) is 4.13. The number of H-pyrrole nitrogens is 1. The fraction of sp³-hybridized carbons (Fsp3) is 0.476. The Hall–Kier alpha value is -2.07. The van der Waals surface area contributed by atoms with Crippen molar-refractivity contribution >= 4 is 16.9 Å². The summed E-state index contributed by atoms with van der Waals surface area (Å²) in [7, 11) is 0. The number of nitrogens with one attached hydrogen (secondary N) is 1. The summed E-state index contributed by atoms with van der Waals surface area (Å²) in [4.78, 5) is 17.4. The maximum atomic E-state index is 11.1. The number of hydrogen-bond donors (Lipinski definition) is 1. The summed E-state index contributed by atoms with van der Waals surface area (Å²) in [5, 5.41) is 1.38. The lowest BCUT2D eigenvalue weighted by Crippen LogP contribution is -2.40. The Labute approximate surface area is 148 Å². The fourth-order valence-electron chi connectivity index (χ4n) is 4.48. The van der Waals surface area contributed by atoms with E-state index in [-0.39, 0.29) is 5.97 Å². The molecule has 1 aromatic carbocycles. The maximum absolute atomic E-state index is 11.1. The van der Waals surface area contributed by atoms with Gasteiger partial charge >= 0.3 is 5.97 Å². The second-order valence-electron chi connectivity index (χ2n) is 7.15. The van der Waals surface area contributed by atoms with E-state index in [1.54, 1.807) is 0 Å². The normalized spacial score (nSPS) is 20.5. The zero-order chi connectivity index (χ0) is 17.4. The van der Waals surface area contributed by atoms with E-state index in [0.29, 0.717) is 12.6 Å². The van der Waals surface area contributed by atoms with Crippen LogP contribution in [0.4, 0.5) is 0 Å². The zero-order valence-electron chi connectivity index (χ0n) is 15.1. The number of hydrogen-bond acceptors (Lipinski definition) is 3. The number of rotatable bonds is 4. The van der Waals surface area contributed by atoms with Gasteiger partial charge in [0.25, 0.3) is 0 Å². The number of nitrogens with zero attached hydrogens (tertiary/aromatic N) is 1. The Bertz CT molecular complexity index is 834. The Kier molecular flexibility index (Phi) is 4.38. The summed E-state index contributed by atoms with van der Waals surface area (Å²) in [6.07, 6.45) is 4.11. The topological polar surface area (TPSA) is 45.3 Å². The van der Waals surface area contributed by atoms with Crippen LogP contribution in [0.3, 0.4) is 0 Å². The van der Waals surface area contributed by atoms with E-state index in [0.717, 1.165) is 38.8 Å². The monoisotopic (exact) mass is 338 g/mol. The lowest BCUT2D eigenvalue weighted by atomic mass is 9.85. The van der Waals surface area contributed by atoms with Gasteiger partial charge in [0, 0.05) is 43.0 Å². The van der Waals surface area contributed by atoms with Crippen LogP contribution < -0.4 is 0 Å². The summed E-state index contributed by atoms with van der Waals surface area (Å²) in [5.74, 6) is -0.188. The summed E-state index contributed by atoms with van der Waals surface area (Å²) in [6, 6.07) is 9.07. The molecule has 0 saturated carbocycles. The summed E-state index contributed by atoms with van der Waals surface area (Å²) in [5.41, 5.74) is 7.16. The molecule has 1 N–H and O–H groups in total. The number of carbonyl (C=O) groups is 1. The van der Waals surface area contributed by atoms with Gasteiger partial charge in [0.2, 0.25) is 0 Å². The average Bonchev–Trinajstić information content (AvgIpc) is 3.00. The highest BCUT2D eigenvalue weighted by atomic mass is 16.5. The van der Waals surface area contributed by atoms with Crippen LogP contribution in [-0.2, 0) is 16.0 Å². The molecule has 1 unspecified atom stereocenters. The van der Waals surface area contributed by atoms with Crippen LogP contribution in [0.1, 0.15) is 50.4 Å². The van der Waals surface area contributed by atoms with Crippen LogP contribution in [0.5, 0.6) is 0 Å². The fourth-order valence-corrected chi connectivity index (χ4v) is 4.48. The minimum atomic E-state index is -0.188. The van der Waals surface area contributed by atoms with E-state index < -0.39 is 0 Å². The van der Waals surface area contributed by atoms with Crippen LogP contribution in [0.2, 0.25) is 0 Å². The van der Waals surface area contributed by atoms with Crippen molar-refractivity contribution in [1.82, 2.24) is 9.88 Å². The van der Waals surface area contributed by atoms with Gasteiger partial charge in [-0.25, -0.2) is 0 Å². The largest absolute Gasteiger partial charge is 0.466 e. The first-order chi connectivity index (χ1) is 12.2. The highest BCUT2D eigenvalue weighted by Crippen LogP contribution is 2.42. The van der Waals surface area contributed by atoms with E-state index in [2.05, 4.69) is 41.1 Å². The third kappa shape index (κ3) is 2.99. The van der Waals surface area contributed by atoms with Gasteiger partial charge < -0.3 is 9.72 Å². The van der Waals surface area contributed by atoms with E-state index in [1.807, 2.05) is 0 Å². The van der Waals surface area contributed by atoms with Crippen molar-refractivity contribution in [3.63, 3.8) is 0 Å². The highest BCUT2D eigenvalue weighted by molar-refractivity contribution is 5.85. The van der Waals surface area contributed by atoms with Gasteiger partial charge in [-0.1, -0.05) is 36.3 Å². The maximum Gasteiger partial charge on any atom is 0.302 e. The van der Waals surface area contributed by atoms with Gasteiger partial charge in [-0.2, -0.15) is 0 Å². The van der Waals surface area contributed by atoms with Gasteiger partial charge in [-0.15, -0.1) is 0 Å². The number of fused-ring (bicyclic) bond motifs is 5. The molecule has 0 radical (unpaired) electrons. The van der Waals surface area contributed by atoms with Gasteiger partial charge in [0.05, 0.1) is 12.6 Å². The second-order valence-corrected chi connectivity index (χ2v) is 7.15. The van der Waals surface area contributed by atoms with Crippen molar-refractivity contribution in [3.8, 4) is 0 Å². The van der Waals surface area contributed by atoms with Gasteiger partial charge in [0.1, 0.15) is 0 Å². The molecule has 1 atom stereocenters. The first kappa shape index (κ1) is 16.4. The molecular weight excluding hydrogens is 312 g/mol. The molecule has 2 aromatic rings. The number of para-hydroxylation sites is 1. The quantitative estimate of drug-likeness (QED) is 0.673. The number of benzene rings is 1. The second kappa shape index (κ2) is 6.68. The minimum Gasteiger partial charge on any atom is -0.466 e. The number of carbonyl (C=O) groups excluding carboxylic acids is 1. The smallest absolute Gasteiger partial charge is 0.302 e. The van der Waals surface area contributed by atoms with Crippen LogP contribution in [-0.4, -0.2) is 35.5 Å². The molecule has 0 spiro atoms. The van der Waals surface area contributed by atoms with Crippen molar-refractivity contribution in [2.24, 2.45) is 0 Å². The van der Waals surface area contributed by atoms with Crippen molar-refractivity contribution < 1.29 is 9.53 Å². The van der Waals surface area contributed by atoms with Crippen LogP contribution in [0.15, 0.2) is 35.4 Å². The lowest BCUT2D eigenvalue weighted by molar-refractivity contribution is -0.140. The SMILES string of the molecule is CCC1=C(CCOC(C)=O)CC2c3[nH]c4ccccc4c3CCN2C1. The predicted molar refractivity (Wildman–Crippen MR) is 99.5 cm³/mol. The molecule has 4 nitrogen and oxygen atoms in total. The molecule has 2 aliphatic heterocycles. The van der Waals surface area contributed by atoms with Crippen molar-refractivity contribution in [1.29, 1.82) is 0 Å². The molecule has 132 valence electrons. The van der Waals surface area contributed by atoms with E-state index >= 15 is 0 Å². The minimum absolute atomic E-state index is 0.188. The number of aromatic nitrogens is 1. The average molecular weight is 338 g/mol. The Morgan fingerprint density at radius 3 is 2.96 bits per heavy atom. The van der Waals surface area contributed by atoms with Crippen LogP contribution in [0.25, 0.3) is 10.9 Å². The molecule has 0 bridgehead atoms. The number of aromatic amines is 1. The Balaban J connectivity index is 1.63. The molecule has 0 amide bonds. The molecule has 0 saturated heterocycles. The molecule has 4 heteroatoms. The number of ether oxygens (including phenoxy) is 1. The molecule has 1 aromatic heterocycles. The molecule has 2 aliphatic rings. The van der Waals surface area contributed by atoms with Crippen molar-refractivity contribution in [2.45, 2.75) is 45.6 Å². The number of esters is 1. The lowest BCUT2D eigenvalue weighted by Gasteiger charge is -2.41. The van der Waals surface area contributed by atoms with Crippen molar-refractivity contribution in [3.05, 3.63) is 46.7 Å². The highest BCUT2D eigenvalue weighted by Gasteiger charge is 2.34. The molecular formula is C21H26N2O2. The first-order valence-corrected chi connectivity index (χ1v) is 9.34. The summed E-state index contributed by atoms with van der Waals surface area (Å²) < 4.78 is 5.20. The van der Waals surface area contributed by atoms with Crippen LogP contribution in [0, 0.1) is 0 Å². The van der Waals surface area contributed by atoms with Gasteiger partial charge in [-0.05, 0) is 30.9 Å². The standard InChI is InChI=1S/C21H26N2O2/c1-3-15-13-23-10-8-18-17-6-4-5-7-19(17)22-21(18)20(23)12-16(15)9-11-25-14(2)24/h4-7,20,22H,3,8-13H2,1-2H3. The van der Waals surface area contributed by atoms with Crippen LogP contribution >= 0.6 is 0 Å². The van der Waals surface area contributed by atoms with Gasteiger partial charge in [0.15, 0.2) is 0 Å². The Morgan fingerprint density at radius 1 is 1.32 bits per heavy atom. The third-order valence-corrected chi connectivity index (χ3v) is 5.74. The molecule has 3 heterocycles. The summed E-state index contributed by atoms with van der Waals surface area (Å²) in [6.45, 7) is 6.39. The molecule has 0 fully saturated rings. The van der Waals surface area contributed by atoms with E-state index in [1.165, 1.54) is 40.2 Å². The van der Waals surface area contributed by atoms with Gasteiger partial charge in [-0.3, -0.25) is 9.69 Å². The first-order valence-electron chi connectivity index (χ1n) is 9.34.